The lowest BCUT2D eigenvalue weighted by Crippen LogP contribution is -2.27. The van der Waals surface area contributed by atoms with E-state index in [0.717, 1.165) is 0 Å². The van der Waals surface area contributed by atoms with Gasteiger partial charge in [0, 0.05) is 6.54 Å². The first-order valence-electron chi connectivity index (χ1n) is 7.37. The van der Waals surface area contributed by atoms with Crippen molar-refractivity contribution in [3.63, 3.8) is 0 Å². The Morgan fingerprint density at radius 1 is 1.10 bits per heavy atom. The average molecular weight is 278 g/mol. The van der Waals surface area contributed by atoms with E-state index in [-0.39, 0.29) is 12.0 Å². The van der Waals surface area contributed by atoms with Crippen molar-refractivity contribution >= 4 is 0 Å². The highest BCUT2D eigenvalue weighted by molar-refractivity contribution is 5.39. The summed E-state index contributed by atoms with van der Waals surface area (Å²) in [5.41, 5.74) is 5.04. The van der Waals surface area contributed by atoms with Crippen LogP contribution in [0.2, 0.25) is 0 Å². The number of aryl methyl sites for hydroxylation is 2. The quantitative estimate of drug-likeness (QED) is 0.892. The van der Waals surface area contributed by atoms with Crippen molar-refractivity contribution in [2.45, 2.75) is 26.8 Å². The zero-order valence-electron chi connectivity index (χ0n) is 12.9. The van der Waals surface area contributed by atoms with Crippen LogP contribution in [0.5, 0.6) is 0 Å². The molecule has 0 heterocycles. The van der Waals surface area contributed by atoms with Crippen LogP contribution in [0.15, 0.2) is 48.5 Å². The van der Waals surface area contributed by atoms with Gasteiger partial charge >= 0.3 is 0 Å². The zero-order chi connectivity index (χ0) is 15.2. The molecular formula is C19H22N2. The molecule has 2 unspecified atom stereocenters. The summed E-state index contributed by atoms with van der Waals surface area (Å²) in [6, 6.07) is 19.4. The van der Waals surface area contributed by atoms with Gasteiger partial charge in [-0.1, -0.05) is 54.1 Å². The molecule has 21 heavy (non-hydrogen) atoms. The summed E-state index contributed by atoms with van der Waals surface area (Å²) in [6.45, 7) is 6.88. The van der Waals surface area contributed by atoms with Gasteiger partial charge in [0.25, 0.3) is 0 Å². The van der Waals surface area contributed by atoms with Crippen LogP contribution < -0.4 is 5.32 Å². The molecule has 0 fully saturated rings. The third kappa shape index (κ3) is 3.93. The molecule has 0 saturated heterocycles. The number of rotatable bonds is 5. The Labute approximate surface area is 127 Å². The van der Waals surface area contributed by atoms with Gasteiger partial charge in [-0.2, -0.15) is 5.26 Å². The van der Waals surface area contributed by atoms with Gasteiger partial charge in [0.2, 0.25) is 0 Å². The Morgan fingerprint density at radius 3 is 2.48 bits per heavy atom. The van der Waals surface area contributed by atoms with Crippen molar-refractivity contribution in [1.82, 2.24) is 5.32 Å². The van der Waals surface area contributed by atoms with Crippen molar-refractivity contribution in [3.8, 4) is 6.07 Å². The summed E-state index contributed by atoms with van der Waals surface area (Å²) in [7, 11) is 0. The van der Waals surface area contributed by atoms with Gasteiger partial charge in [0.15, 0.2) is 0 Å². The van der Waals surface area contributed by atoms with E-state index in [1.807, 2.05) is 13.0 Å². The van der Waals surface area contributed by atoms with Crippen LogP contribution in [0.25, 0.3) is 0 Å². The molecule has 0 aromatic heterocycles. The largest absolute Gasteiger partial charge is 0.305 e. The second-order valence-corrected chi connectivity index (χ2v) is 5.64. The van der Waals surface area contributed by atoms with Crippen molar-refractivity contribution < 1.29 is 0 Å². The maximum absolute atomic E-state index is 9.00. The van der Waals surface area contributed by atoms with Crippen LogP contribution in [0, 0.1) is 31.1 Å². The fourth-order valence-electron chi connectivity index (χ4n) is 2.46. The highest BCUT2D eigenvalue weighted by atomic mass is 14.9. The van der Waals surface area contributed by atoms with Crippen molar-refractivity contribution in [2.24, 2.45) is 5.92 Å². The molecule has 2 rings (SSSR count). The Morgan fingerprint density at radius 2 is 1.81 bits per heavy atom. The maximum Gasteiger partial charge on any atom is 0.0666 e. The number of nitrogens with one attached hydrogen (secondary N) is 1. The molecule has 0 spiro atoms. The van der Waals surface area contributed by atoms with E-state index in [2.05, 4.69) is 67.7 Å². The van der Waals surface area contributed by atoms with Crippen LogP contribution in [-0.2, 0) is 0 Å². The first-order valence-corrected chi connectivity index (χ1v) is 7.37. The van der Waals surface area contributed by atoms with Gasteiger partial charge in [-0.25, -0.2) is 0 Å². The highest BCUT2D eigenvalue weighted by Gasteiger charge is 2.16. The third-order valence-corrected chi connectivity index (χ3v) is 3.73. The summed E-state index contributed by atoms with van der Waals surface area (Å²) >= 11 is 0. The van der Waals surface area contributed by atoms with Gasteiger partial charge in [0.05, 0.1) is 18.0 Å². The molecule has 2 heteroatoms. The van der Waals surface area contributed by atoms with E-state index < -0.39 is 0 Å². The van der Waals surface area contributed by atoms with Crippen LogP contribution in [0.3, 0.4) is 0 Å². The standard InChI is InChI=1S/C19H22N2/c1-14-9-10-16(3)18(11-14)19(21-13-15(2)12-20)17-7-5-4-6-8-17/h4-11,15,19,21H,13H2,1-3H3. The van der Waals surface area contributed by atoms with E-state index in [0.29, 0.717) is 6.54 Å². The number of nitriles is 1. The van der Waals surface area contributed by atoms with E-state index in [4.69, 9.17) is 5.26 Å². The molecule has 0 aliphatic carbocycles. The summed E-state index contributed by atoms with van der Waals surface area (Å²) in [6.07, 6.45) is 0. The fraction of sp³-hybridized carbons (Fsp3) is 0.316. The minimum Gasteiger partial charge on any atom is -0.305 e. The first-order chi connectivity index (χ1) is 10.1. The Bertz CT molecular complexity index is 626. The Balaban J connectivity index is 2.36. The number of nitrogens with zero attached hydrogens (tertiary/aromatic N) is 1. The number of benzene rings is 2. The van der Waals surface area contributed by atoms with Crippen molar-refractivity contribution in [1.29, 1.82) is 5.26 Å². The summed E-state index contributed by atoms with van der Waals surface area (Å²) in [4.78, 5) is 0. The second kappa shape index (κ2) is 7.06. The zero-order valence-corrected chi connectivity index (χ0v) is 12.9. The van der Waals surface area contributed by atoms with Crippen LogP contribution in [0.4, 0.5) is 0 Å². The molecule has 0 radical (unpaired) electrons. The molecule has 0 bridgehead atoms. The summed E-state index contributed by atoms with van der Waals surface area (Å²) in [5.74, 6) is 0.00123. The Kier molecular flexibility index (Phi) is 5.14. The molecule has 0 saturated carbocycles. The molecule has 2 aromatic carbocycles. The SMILES string of the molecule is Cc1ccc(C)c(C(NCC(C)C#N)c2ccccc2)c1. The monoisotopic (exact) mass is 278 g/mol. The number of hydrogen-bond acceptors (Lipinski definition) is 2. The van der Waals surface area contributed by atoms with E-state index >= 15 is 0 Å². The predicted octanol–water partition coefficient (Wildman–Crippen LogP) is 4.14. The lowest BCUT2D eigenvalue weighted by Gasteiger charge is -2.23. The van der Waals surface area contributed by atoms with E-state index in [1.165, 1.54) is 22.3 Å². The summed E-state index contributed by atoms with van der Waals surface area (Å²) < 4.78 is 0. The molecule has 0 aliphatic heterocycles. The Hall–Kier alpha value is -2.11. The van der Waals surface area contributed by atoms with Gasteiger partial charge in [-0.3, -0.25) is 0 Å². The molecule has 0 aliphatic rings. The fourth-order valence-corrected chi connectivity index (χ4v) is 2.46. The maximum atomic E-state index is 9.00. The van der Waals surface area contributed by atoms with Gasteiger partial charge < -0.3 is 5.32 Å². The van der Waals surface area contributed by atoms with Crippen LogP contribution in [0.1, 0.15) is 35.2 Å². The van der Waals surface area contributed by atoms with Crippen LogP contribution >= 0.6 is 0 Å². The molecule has 1 N–H and O–H groups in total. The van der Waals surface area contributed by atoms with Gasteiger partial charge in [0.1, 0.15) is 0 Å². The smallest absolute Gasteiger partial charge is 0.0666 e. The normalized spacial score (nSPS) is 13.4. The topological polar surface area (TPSA) is 35.8 Å². The predicted molar refractivity (Wildman–Crippen MR) is 87.0 cm³/mol. The minimum absolute atomic E-state index is 0.00123. The molecule has 108 valence electrons. The molecule has 0 amide bonds. The van der Waals surface area contributed by atoms with Crippen molar-refractivity contribution in [2.75, 3.05) is 6.54 Å². The number of hydrogen-bond donors (Lipinski definition) is 1. The second-order valence-electron chi connectivity index (χ2n) is 5.64. The summed E-state index contributed by atoms with van der Waals surface area (Å²) in [5, 5.41) is 12.5. The first kappa shape index (κ1) is 15.3. The van der Waals surface area contributed by atoms with E-state index in [1.54, 1.807) is 0 Å². The molecular weight excluding hydrogens is 256 g/mol. The minimum atomic E-state index is 0.00123. The van der Waals surface area contributed by atoms with E-state index in [9.17, 15) is 0 Å². The third-order valence-electron chi connectivity index (χ3n) is 3.73. The van der Waals surface area contributed by atoms with Gasteiger partial charge in [-0.05, 0) is 37.5 Å². The lowest BCUT2D eigenvalue weighted by molar-refractivity contribution is 0.547. The molecule has 2 nitrogen and oxygen atoms in total. The molecule has 2 atom stereocenters. The van der Waals surface area contributed by atoms with Gasteiger partial charge in [-0.15, -0.1) is 0 Å². The van der Waals surface area contributed by atoms with Crippen molar-refractivity contribution in [3.05, 3.63) is 70.8 Å². The highest BCUT2D eigenvalue weighted by Crippen LogP contribution is 2.26. The molecule has 2 aromatic rings. The van der Waals surface area contributed by atoms with Crippen LogP contribution in [-0.4, -0.2) is 6.54 Å². The lowest BCUT2D eigenvalue weighted by atomic mass is 9.93. The average Bonchev–Trinajstić information content (AvgIpc) is 2.51.